The monoisotopic (exact) mass is 1300 g/mol. The summed E-state index contributed by atoms with van der Waals surface area (Å²) in [5.74, 6) is -2.01. The molecule has 0 bridgehead atoms. The summed E-state index contributed by atoms with van der Waals surface area (Å²) in [6.45, 7) is 4.66. The number of carbonyl (C=O) groups is 3. The molecule has 1 N–H and O–H groups in total. The molecule has 0 radical (unpaired) electrons. The number of carbonyl (C=O) groups excluding carboxylic acids is 2. The third-order valence-corrected chi connectivity index (χ3v) is 16.4. The molecule has 9 heteroatoms. The Labute approximate surface area is 573 Å². The molecular weight excluding hydrogens is 1150 g/mol. The molecule has 0 spiro atoms. The number of likely N-dealkylation sites (N-methyl/N-ethyl adjacent to an activating group) is 1. The fourth-order valence-corrected chi connectivity index (χ4v) is 10.6. The molecule has 0 aliphatic rings. The van der Waals surface area contributed by atoms with Gasteiger partial charge in [0.25, 0.3) is 6.29 Å². The van der Waals surface area contributed by atoms with E-state index in [1.165, 1.54) is 173 Å². The van der Waals surface area contributed by atoms with Gasteiger partial charge in [-0.1, -0.05) is 334 Å². The van der Waals surface area contributed by atoms with Gasteiger partial charge in [-0.05, 0) is 109 Å². The van der Waals surface area contributed by atoms with Crippen LogP contribution in [0, 0.1) is 0 Å². The van der Waals surface area contributed by atoms with Crippen LogP contribution in [-0.4, -0.2) is 87.4 Å². The van der Waals surface area contributed by atoms with Crippen LogP contribution in [0.5, 0.6) is 0 Å². The van der Waals surface area contributed by atoms with Crippen LogP contribution in [0.15, 0.2) is 134 Å². The molecule has 0 rings (SSSR count). The van der Waals surface area contributed by atoms with Crippen molar-refractivity contribution >= 4 is 17.9 Å². The third kappa shape index (κ3) is 74.7. The van der Waals surface area contributed by atoms with Crippen molar-refractivity contribution in [1.82, 2.24) is 0 Å². The number of carboxylic acid groups (broad SMARTS) is 1. The normalized spacial score (nSPS) is 13.4. The van der Waals surface area contributed by atoms with Gasteiger partial charge >= 0.3 is 17.9 Å². The van der Waals surface area contributed by atoms with Crippen LogP contribution in [-0.2, 0) is 33.3 Å². The fourth-order valence-electron chi connectivity index (χ4n) is 10.6. The SMILES string of the molecule is CC/C=C\C/C=C\C/C=C\C/C=C\C/C=C\C/C=C\CCCCCCCCCCC(=O)OC(COC(=O)CCCCCCCCCCCCCCCCCCCCCCCCCCC/C=C\C/C=C\C/C=C\C/C=C\C/C=C\CC)COC(OCC[N+](C)(C)C)C(=O)O. The van der Waals surface area contributed by atoms with Gasteiger partial charge < -0.3 is 28.5 Å². The average Bonchev–Trinajstić information content (AvgIpc) is 3.38. The minimum atomic E-state index is -1.52. The lowest BCUT2D eigenvalue weighted by molar-refractivity contribution is -0.870. The maximum absolute atomic E-state index is 13.0. The lowest BCUT2D eigenvalue weighted by atomic mass is 10.0. The molecule has 0 heterocycles. The van der Waals surface area contributed by atoms with Crippen molar-refractivity contribution in [1.29, 1.82) is 0 Å². The number of carboxylic acids is 1. The maximum atomic E-state index is 13.0. The van der Waals surface area contributed by atoms with Gasteiger partial charge in [-0.3, -0.25) is 9.59 Å². The highest BCUT2D eigenvalue weighted by atomic mass is 16.7. The van der Waals surface area contributed by atoms with Crippen LogP contribution in [0.4, 0.5) is 0 Å². The molecule has 2 unspecified atom stereocenters. The highest BCUT2D eigenvalue weighted by Gasteiger charge is 2.25. The predicted molar refractivity (Wildman–Crippen MR) is 401 cm³/mol. The molecule has 2 atom stereocenters. The van der Waals surface area contributed by atoms with Crippen molar-refractivity contribution in [3.05, 3.63) is 134 Å². The van der Waals surface area contributed by atoms with Crippen molar-refractivity contribution in [3.8, 4) is 0 Å². The van der Waals surface area contributed by atoms with E-state index < -0.39 is 24.3 Å². The number of nitrogens with zero attached hydrogens (tertiary/aromatic N) is 1. The second-order valence-electron chi connectivity index (χ2n) is 26.6. The first-order valence-electron chi connectivity index (χ1n) is 38.3. The van der Waals surface area contributed by atoms with Gasteiger partial charge in [0.15, 0.2) is 6.10 Å². The fraction of sp³-hybridized carbons (Fsp3) is 0.702. The van der Waals surface area contributed by atoms with Crippen molar-refractivity contribution in [2.24, 2.45) is 0 Å². The predicted octanol–water partition coefficient (Wildman–Crippen LogP) is 24.5. The van der Waals surface area contributed by atoms with Crippen LogP contribution in [0.2, 0.25) is 0 Å². The first-order chi connectivity index (χ1) is 45.6. The Morgan fingerprint density at radius 1 is 0.323 bits per heavy atom. The van der Waals surface area contributed by atoms with Gasteiger partial charge in [0.1, 0.15) is 13.2 Å². The van der Waals surface area contributed by atoms with E-state index in [-0.39, 0.29) is 32.2 Å². The van der Waals surface area contributed by atoms with Crippen molar-refractivity contribution < 1.29 is 42.9 Å². The minimum absolute atomic E-state index is 0.182. The van der Waals surface area contributed by atoms with Crippen LogP contribution in [0.1, 0.15) is 322 Å². The van der Waals surface area contributed by atoms with E-state index in [9.17, 15) is 19.5 Å². The molecule has 93 heavy (non-hydrogen) atoms. The Bertz CT molecular complexity index is 2000. The molecule has 0 aliphatic heterocycles. The largest absolute Gasteiger partial charge is 0.477 e. The van der Waals surface area contributed by atoms with Gasteiger partial charge in [-0.2, -0.15) is 0 Å². The first-order valence-corrected chi connectivity index (χ1v) is 38.3. The van der Waals surface area contributed by atoms with E-state index in [1.807, 2.05) is 21.1 Å². The molecule has 0 aromatic carbocycles. The number of hydrogen-bond acceptors (Lipinski definition) is 7. The van der Waals surface area contributed by atoms with Crippen molar-refractivity contribution in [3.63, 3.8) is 0 Å². The summed E-state index contributed by atoms with van der Waals surface area (Å²) in [7, 11) is 5.98. The average molecular weight is 1300 g/mol. The van der Waals surface area contributed by atoms with E-state index in [2.05, 4.69) is 148 Å². The molecular formula is C84H144NO8+. The highest BCUT2D eigenvalue weighted by molar-refractivity contribution is 5.71. The van der Waals surface area contributed by atoms with Gasteiger partial charge in [0, 0.05) is 12.8 Å². The standard InChI is InChI=1S/C84H143NO8/c1-6-8-10-12-14-16-18-20-22-24-26-28-30-32-34-35-36-37-38-39-40-41-42-43-44-45-46-47-49-50-52-54-56-58-60-62-64-66-68-70-72-74-81(86)91-78-80(79-92-84(83(88)89)90-77-76-85(3,4)5)93-82(87)75-73-71-69-67-65-63-61-59-57-55-53-51-48-33-31-29-27-25-23-21-19-17-15-13-11-9-7-2/h8-11,14-17,20-23,26-29,32-34,48,53,55,80,84H,6-7,12-13,18-19,24-25,30-31,35-47,49-52,54,56-79H2,1-5H3/p+1/b10-8-,11-9-,16-14-,17-15-,22-20-,23-21-,28-26-,29-27-,34-32-,48-33-,55-53-. The molecule has 0 aliphatic carbocycles. The zero-order chi connectivity index (χ0) is 67.5. The quantitative estimate of drug-likeness (QED) is 0.0211. The summed E-state index contributed by atoms with van der Waals surface area (Å²) >= 11 is 0. The Morgan fingerprint density at radius 2 is 0.581 bits per heavy atom. The van der Waals surface area contributed by atoms with Crippen LogP contribution < -0.4 is 0 Å². The Hall–Kier alpha value is -4.57. The summed E-state index contributed by atoms with van der Waals surface area (Å²) < 4.78 is 23.0. The molecule has 0 saturated heterocycles. The number of ether oxygens (including phenoxy) is 4. The summed E-state index contributed by atoms with van der Waals surface area (Å²) in [5.41, 5.74) is 0. The topological polar surface area (TPSA) is 108 Å². The van der Waals surface area contributed by atoms with E-state index in [1.54, 1.807) is 0 Å². The highest BCUT2D eigenvalue weighted by Crippen LogP contribution is 2.18. The smallest absolute Gasteiger partial charge is 0.361 e. The summed E-state index contributed by atoms with van der Waals surface area (Å²) in [6.07, 6.45) is 103. The molecule has 0 saturated carbocycles. The number of hydrogen-bond donors (Lipinski definition) is 1. The van der Waals surface area contributed by atoms with Crippen molar-refractivity contribution in [2.75, 3.05) is 47.5 Å². The number of aliphatic carboxylic acids is 1. The van der Waals surface area contributed by atoms with Crippen molar-refractivity contribution in [2.45, 2.75) is 334 Å². The van der Waals surface area contributed by atoms with Gasteiger partial charge in [-0.15, -0.1) is 0 Å². The zero-order valence-electron chi connectivity index (χ0n) is 60.9. The van der Waals surface area contributed by atoms with Crippen LogP contribution in [0.25, 0.3) is 0 Å². The second-order valence-corrected chi connectivity index (χ2v) is 26.6. The lowest BCUT2D eigenvalue weighted by Gasteiger charge is -2.25. The minimum Gasteiger partial charge on any atom is -0.477 e. The number of allylic oxidation sites excluding steroid dienone is 22. The third-order valence-electron chi connectivity index (χ3n) is 16.4. The molecule has 0 aromatic heterocycles. The molecule has 0 aromatic rings. The van der Waals surface area contributed by atoms with E-state index in [0.717, 1.165) is 116 Å². The number of unbranched alkanes of at least 4 members (excludes halogenated alkanes) is 33. The molecule has 532 valence electrons. The van der Waals surface area contributed by atoms with E-state index >= 15 is 0 Å². The number of rotatable bonds is 70. The zero-order valence-corrected chi connectivity index (χ0v) is 60.9. The lowest BCUT2D eigenvalue weighted by Crippen LogP contribution is -2.40. The first kappa shape index (κ1) is 88.4. The van der Waals surface area contributed by atoms with Gasteiger partial charge in [0.2, 0.25) is 0 Å². The number of quaternary nitrogens is 1. The second kappa shape index (κ2) is 73.2. The van der Waals surface area contributed by atoms with Gasteiger partial charge in [-0.25, -0.2) is 4.79 Å². The molecule has 9 nitrogen and oxygen atoms in total. The molecule has 0 amide bonds. The van der Waals surface area contributed by atoms with E-state index in [0.29, 0.717) is 23.9 Å². The molecule has 0 fully saturated rings. The van der Waals surface area contributed by atoms with Crippen LogP contribution in [0.3, 0.4) is 0 Å². The van der Waals surface area contributed by atoms with Gasteiger partial charge in [0.05, 0.1) is 34.4 Å². The summed E-state index contributed by atoms with van der Waals surface area (Å²) in [5, 5.41) is 9.76. The van der Waals surface area contributed by atoms with E-state index in [4.69, 9.17) is 18.9 Å². The maximum Gasteiger partial charge on any atom is 0.361 e. The Balaban J connectivity index is 4.01. The van der Waals surface area contributed by atoms with Crippen LogP contribution >= 0.6 is 0 Å². The summed E-state index contributed by atoms with van der Waals surface area (Å²) in [4.78, 5) is 37.7. The Kier molecular flexibility index (Phi) is 69.6. The Morgan fingerprint density at radius 3 is 0.860 bits per heavy atom. The number of esters is 2. The summed E-state index contributed by atoms with van der Waals surface area (Å²) in [6, 6.07) is 0.